The molecule has 0 saturated carbocycles. The molecule has 16 heavy (non-hydrogen) atoms. The number of thioether (sulfide) groups is 1. The molecule has 0 radical (unpaired) electrons. The Hall–Kier alpha value is -1.24. The van der Waals surface area contributed by atoms with Crippen molar-refractivity contribution in [1.82, 2.24) is 10.6 Å². The zero-order valence-corrected chi connectivity index (χ0v) is 9.93. The lowest BCUT2D eigenvalue weighted by Crippen LogP contribution is -2.37. The van der Waals surface area contributed by atoms with Gasteiger partial charge in [-0.15, -0.1) is 11.8 Å². The molecule has 2 amide bonds. The van der Waals surface area contributed by atoms with Gasteiger partial charge in [-0.25, -0.2) is 0 Å². The monoisotopic (exact) mass is 248 g/mol. The molecule has 3 N–H and O–H groups in total. The van der Waals surface area contributed by atoms with Crippen LogP contribution in [0.15, 0.2) is 0 Å². The summed E-state index contributed by atoms with van der Waals surface area (Å²) in [5.41, 5.74) is 0. The molecule has 0 aromatic rings. The van der Waals surface area contributed by atoms with Crippen molar-refractivity contribution in [2.45, 2.75) is 13.3 Å². The first-order chi connectivity index (χ1) is 7.56. The van der Waals surface area contributed by atoms with Gasteiger partial charge in [0.15, 0.2) is 0 Å². The Kier molecular flexibility index (Phi) is 8.32. The Morgan fingerprint density at radius 3 is 2.38 bits per heavy atom. The van der Waals surface area contributed by atoms with Crippen molar-refractivity contribution < 1.29 is 19.5 Å². The molecular formula is C9H16N2O4S. The van der Waals surface area contributed by atoms with Crippen LogP contribution in [0.3, 0.4) is 0 Å². The molecular weight excluding hydrogens is 232 g/mol. The quantitative estimate of drug-likeness (QED) is 0.535. The largest absolute Gasteiger partial charge is 0.481 e. The van der Waals surface area contributed by atoms with Gasteiger partial charge in [0.25, 0.3) is 0 Å². The van der Waals surface area contributed by atoms with E-state index in [0.29, 0.717) is 6.54 Å². The third kappa shape index (κ3) is 9.32. The lowest BCUT2D eigenvalue weighted by atomic mass is 10.4. The summed E-state index contributed by atoms with van der Waals surface area (Å²) in [6.45, 7) is 2.45. The standard InChI is InChI=1S/C9H16N2O4S/c1-2-3-10-7(12)4-11-8(13)5-16-6-9(14)15/h2-6H2,1H3,(H,10,12)(H,11,13)(H,14,15). The van der Waals surface area contributed by atoms with Gasteiger partial charge in [0.1, 0.15) is 0 Å². The minimum atomic E-state index is -0.960. The highest BCUT2D eigenvalue weighted by molar-refractivity contribution is 8.00. The molecule has 0 aliphatic carbocycles. The van der Waals surface area contributed by atoms with Crippen molar-refractivity contribution in [2.75, 3.05) is 24.6 Å². The normalized spacial score (nSPS) is 9.56. The topological polar surface area (TPSA) is 95.5 Å². The fraction of sp³-hybridized carbons (Fsp3) is 0.667. The summed E-state index contributed by atoms with van der Waals surface area (Å²) >= 11 is 0.996. The van der Waals surface area contributed by atoms with Crippen LogP contribution < -0.4 is 10.6 Å². The van der Waals surface area contributed by atoms with E-state index < -0.39 is 5.97 Å². The SMILES string of the molecule is CCCNC(=O)CNC(=O)CSCC(=O)O. The molecule has 0 aromatic carbocycles. The van der Waals surface area contributed by atoms with Crippen molar-refractivity contribution in [2.24, 2.45) is 0 Å². The number of amides is 2. The fourth-order valence-corrected chi connectivity index (χ4v) is 1.35. The minimum absolute atomic E-state index is 0.0490. The second-order valence-electron chi connectivity index (χ2n) is 3.01. The van der Waals surface area contributed by atoms with Crippen LogP contribution in [0.2, 0.25) is 0 Å². The van der Waals surface area contributed by atoms with Crippen LogP contribution in [0.5, 0.6) is 0 Å². The van der Waals surface area contributed by atoms with E-state index in [4.69, 9.17) is 5.11 Å². The van der Waals surface area contributed by atoms with Gasteiger partial charge in [-0.1, -0.05) is 6.92 Å². The van der Waals surface area contributed by atoms with E-state index in [1.807, 2.05) is 6.92 Å². The number of hydrogen-bond donors (Lipinski definition) is 3. The van der Waals surface area contributed by atoms with E-state index in [9.17, 15) is 14.4 Å². The van der Waals surface area contributed by atoms with E-state index in [2.05, 4.69) is 10.6 Å². The van der Waals surface area contributed by atoms with E-state index in [1.165, 1.54) is 0 Å². The molecule has 0 bridgehead atoms. The first-order valence-corrected chi connectivity index (χ1v) is 6.04. The predicted molar refractivity (Wildman–Crippen MR) is 61.3 cm³/mol. The molecule has 0 unspecified atom stereocenters. The zero-order valence-electron chi connectivity index (χ0n) is 9.12. The highest BCUT2D eigenvalue weighted by Gasteiger charge is 2.06. The van der Waals surface area contributed by atoms with Gasteiger partial charge >= 0.3 is 5.97 Å². The fourth-order valence-electron chi connectivity index (χ4n) is 0.788. The molecule has 7 heteroatoms. The zero-order chi connectivity index (χ0) is 12.4. The first-order valence-electron chi connectivity index (χ1n) is 4.89. The van der Waals surface area contributed by atoms with E-state index >= 15 is 0 Å². The molecule has 92 valence electrons. The van der Waals surface area contributed by atoms with Gasteiger partial charge in [0, 0.05) is 6.54 Å². The molecule has 0 saturated heterocycles. The van der Waals surface area contributed by atoms with Crippen molar-refractivity contribution in [3.05, 3.63) is 0 Å². The van der Waals surface area contributed by atoms with Crippen LogP contribution in [0.4, 0.5) is 0 Å². The Bertz CT molecular complexity index is 258. The number of carboxylic acids is 1. The molecule has 0 aliphatic rings. The molecule has 0 aliphatic heterocycles. The predicted octanol–water partition coefficient (Wildman–Crippen LogP) is -0.553. The summed E-state index contributed by atoms with van der Waals surface area (Å²) in [5, 5.41) is 13.3. The minimum Gasteiger partial charge on any atom is -0.481 e. The van der Waals surface area contributed by atoms with Gasteiger partial charge in [-0.2, -0.15) is 0 Å². The number of carbonyl (C=O) groups excluding carboxylic acids is 2. The van der Waals surface area contributed by atoms with Crippen LogP contribution >= 0.6 is 11.8 Å². The summed E-state index contributed by atoms with van der Waals surface area (Å²) in [7, 11) is 0. The highest BCUT2D eigenvalue weighted by Crippen LogP contribution is 1.97. The Balaban J connectivity index is 3.49. The molecule has 0 atom stereocenters. The number of aliphatic carboxylic acids is 1. The molecule has 0 heterocycles. The number of carboxylic acid groups (broad SMARTS) is 1. The summed E-state index contributed by atoms with van der Waals surface area (Å²) in [5.74, 6) is -1.60. The van der Waals surface area contributed by atoms with Gasteiger partial charge in [0.05, 0.1) is 18.1 Å². The second kappa shape index (κ2) is 9.02. The number of carbonyl (C=O) groups is 3. The maximum atomic E-state index is 11.1. The summed E-state index contributed by atoms with van der Waals surface area (Å²) < 4.78 is 0. The van der Waals surface area contributed by atoms with E-state index in [1.54, 1.807) is 0 Å². The maximum Gasteiger partial charge on any atom is 0.313 e. The molecule has 0 fully saturated rings. The van der Waals surface area contributed by atoms with Crippen molar-refractivity contribution in [1.29, 1.82) is 0 Å². The van der Waals surface area contributed by atoms with E-state index in [-0.39, 0.29) is 29.9 Å². The third-order valence-electron chi connectivity index (χ3n) is 1.48. The number of nitrogens with one attached hydrogen (secondary N) is 2. The molecule has 6 nitrogen and oxygen atoms in total. The van der Waals surface area contributed by atoms with Crippen LogP contribution in [0.1, 0.15) is 13.3 Å². The van der Waals surface area contributed by atoms with Gasteiger partial charge in [0.2, 0.25) is 11.8 Å². The Morgan fingerprint density at radius 1 is 1.12 bits per heavy atom. The smallest absolute Gasteiger partial charge is 0.313 e. The van der Waals surface area contributed by atoms with Crippen molar-refractivity contribution >= 4 is 29.5 Å². The van der Waals surface area contributed by atoms with E-state index in [0.717, 1.165) is 18.2 Å². The van der Waals surface area contributed by atoms with Crippen LogP contribution in [-0.4, -0.2) is 47.5 Å². The number of rotatable bonds is 8. The first kappa shape index (κ1) is 14.8. The summed E-state index contributed by atoms with van der Waals surface area (Å²) in [6.07, 6.45) is 0.841. The second-order valence-corrected chi connectivity index (χ2v) is 4.00. The molecule has 0 spiro atoms. The van der Waals surface area contributed by atoms with Crippen LogP contribution in [0.25, 0.3) is 0 Å². The average molecular weight is 248 g/mol. The maximum absolute atomic E-state index is 11.1. The molecule has 0 aromatic heterocycles. The Morgan fingerprint density at radius 2 is 1.81 bits per heavy atom. The van der Waals surface area contributed by atoms with Gasteiger partial charge < -0.3 is 15.7 Å². The van der Waals surface area contributed by atoms with Crippen LogP contribution in [-0.2, 0) is 14.4 Å². The summed E-state index contributed by atoms with van der Waals surface area (Å²) in [4.78, 5) is 32.3. The van der Waals surface area contributed by atoms with Gasteiger partial charge in [-0.05, 0) is 6.42 Å². The van der Waals surface area contributed by atoms with Crippen LogP contribution in [0, 0.1) is 0 Å². The Labute approximate surface area is 98.2 Å². The molecule has 0 rings (SSSR count). The van der Waals surface area contributed by atoms with Gasteiger partial charge in [-0.3, -0.25) is 14.4 Å². The van der Waals surface area contributed by atoms with Crippen molar-refractivity contribution in [3.63, 3.8) is 0 Å². The lowest BCUT2D eigenvalue weighted by Gasteiger charge is -2.05. The lowest BCUT2D eigenvalue weighted by molar-refractivity contribution is -0.133. The highest BCUT2D eigenvalue weighted by atomic mass is 32.2. The average Bonchev–Trinajstić information content (AvgIpc) is 2.23. The third-order valence-corrected chi connectivity index (χ3v) is 2.39. The summed E-state index contributed by atoms with van der Waals surface area (Å²) in [6, 6.07) is 0. The number of hydrogen-bond acceptors (Lipinski definition) is 4. The van der Waals surface area contributed by atoms with Crippen molar-refractivity contribution in [3.8, 4) is 0 Å².